The average Bonchev–Trinajstić information content (AvgIpc) is 1.98. The fourth-order valence-electron chi connectivity index (χ4n) is 10.0. The molecular formula is C57H104N4O25. The molecule has 29 heteroatoms. The largest absolute Gasteiger partial charge is 0.394 e. The number of nitrogens with one attached hydrogen (secondary N) is 4. The summed E-state index contributed by atoms with van der Waals surface area (Å²) in [6.07, 6.45) is -9.92. The molecule has 29 nitrogen and oxygen atoms in total. The van der Waals surface area contributed by atoms with Crippen LogP contribution in [0.5, 0.6) is 0 Å². The monoisotopic (exact) mass is 1240 g/mol. The summed E-state index contributed by atoms with van der Waals surface area (Å²) >= 11 is 0. The quantitative estimate of drug-likeness (QED) is 0.0270. The molecule has 3 aliphatic heterocycles. The first-order chi connectivity index (χ1) is 41.2. The lowest BCUT2D eigenvalue weighted by Gasteiger charge is -2.42. The van der Waals surface area contributed by atoms with E-state index in [2.05, 4.69) is 27.8 Å². The second-order valence-electron chi connectivity index (χ2n) is 22.1. The van der Waals surface area contributed by atoms with E-state index in [4.69, 9.17) is 56.8 Å². The molecule has 13 N–H and O–H groups in total. The molecule has 3 saturated heterocycles. The molecule has 86 heavy (non-hydrogen) atoms. The zero-order chi connectivity index (χ0) is 63.4. The molecule has 0 radical (unpaired) electrons. The highest BCUT2D eigenvalue weighted by Gasteiger charge is 2.47. The number of allylic oxidation sites excluding steroid dienone is 1. The molecule has 0 aliphatic carbocycles. The molecule has 16 atom stereocenters. The normalized spacial score (nSPS) is 28.5. The van der Waals surface area contributed by atoms with Crippen molar-refractivity contribution in [2.75, 3.05) is 125 Å². The number of ketones is 2. The van der Waals surface area contributed by atoms with E-state index in [-0.39, 0.29) is 103 Å². The first-order valence-corrected chi connectivity index (χ1v) is 30.1. The highest BCUT2D eigenvalue weighted by atomic mass is 16.7. The fourth-order valence-corrected chi connectivity index (χ4v) is 10.0. The Labute approximate surface area is 505 Å². The predicted octanol–water partition coefficient (Wildman–Crippen LogP) is -3.02. The summed E-state index contributed by atoms with van der Waals surface area (Å²) in [5.41, 5.74) is 0.181. The van der Waals surface area contributed by atoms with Gasteiger partial charge in [-0.05, 0) is 38.5 Å². The van der Waals surface area contributed by atoms with Gasteiger partial charge in [-0.3, -0.25) is 19.2 Å². The van der Waals surface area contributed by atoms with E-state index in [0.29, 0.717) is 84.3 Å². The number of ether oxygens (including phenoxy) is 12. The average molecular weight is 1250 g/mol. The van der Waals surface area contributed by atoms with Crippen molar-refractivity contribution in [1.29, 1.82) is 0 Å². The molecule has 0 spiro atoms. The lowest BCUT2D eigenvalue weighted by molar-refractivity contribution is -0.284. The molecule has 3 heterocycles. The summed E-state index contributed by atoms with van der Waals surface area (Å²) in [7, 11) is 0. The standard InChI is InChI=1S/C57H104N4O25/c1-36(2)61-57(15-12-41(67)9-7-18-75-21-24-78-27-30-81-54-38(4)48(69)49(70)43(33-62)84-54,14-11-37(3)58-17-20-77-23-26-80-29-32-83-56-47(60-40(6)66)53(74)51(72)45(35-64)86-56)16-13-42(68)10-8-19-76-22-25-79-28-31-82-55-46(59-39(5)65)52(73)50(71)44(34-63)85-55/h36,38,43-56,58,61-64,69-74H,3,7-35H2,1-2,4-6H3,(H,59,65)(H,60,66). The van der Waals surface area contributed by atoms with Crippen molar-refractivity contribution in [3.8, 4) is 0 Å². The molecule has 0 aromatic rings. The summed E-state index contributed by atoms with van der Waals surface area (Å²) in [5.74, 6) is -1.30. The van der Waals surface area contributed by atoms with Crippen molar-refractivity contribution in [2.45, 2.75) is 196 Å². The Kier molecular flexibility index (Phi) is 39.1. The maximum atomic E-state index is 13.4. The Hall–Kier alpha value is -3.06. The highest BCUT2D eigenvalue weighted by Crippen LogP contribution is 2.30. The molecule has 3 aliphatic rings. The number of carbonyl (C=O) groups excluding carboxylic acids is 4. The molecule has 16 unspecified atom stereocenters. The smallest absolute Gasteiger partial charge is 0.217 e. The van der Waals surface area contributed by atoms with Gasteiger partial charge < -0.3 is 124 Å². The van der Waals surface area contributed by atoms with Crippen LogP contribution in [0.3, 0.4) is 0 Å². The summed E-state index contributed by atoms with van der Waals surface area (Å²) in [5, 5.41) is 102. The minimum Gasteiger partial charge on any atom is -0.394 e. The van der Waals surface area contributed by atoms with Gasteiger partial charge >= 0.3 is 0 Å². The van der Waals surface area contributed by atoms with Crippen LogP contribution in [0.2, 0.25) is 0 Å². The van der Waals surface area contributed by atoms with Crippen LogP contribution in [-0.4, -0.2) is 292 Å². The summed E-state index contributed by atoms with van der Waals surface area (Å²) in [4.78, 5) is 50.1. The third kappa shape index (κ3) is 29.3. The first-order valence-electron chi connectivity index (χ1n) is 30.1. The van der Waals surface area contributed by atoms with E-state index in [1.54, 1.807) is 6.92 Å². The number of aliphatic hydroxyl groups excluding tert-OH is 9. The van der Waals surface area contributed by atoms with Crippen molar-refractivity contribution < 1.29 is 122 Å². The molecule has 3 rings (SSSR count). The Morgan fingerprint density at radius 3 is 1.22 bits per heavy atom. The van der Waals surface area contributed by atoms with Gasteiger partial charge in [0.2, 0.25) is 11.8 Å². The number of hydrogen-bond donors (Lipinski definition) is 13. The van der Waals surface area contributed by atoms with E-state index in [1.165, 1.54) is 13.8 Å². The van der Waals surface area contributed by atoms with Crippen LogP contribution in [0.4, 0.5) is 0 Å². The molecular weight excluding hydrogens is 1140 g/mol. The van der Waals surface area contributed by atoms with Gasteiger partial charge in [0, 0.05) is 82.5 Å². The van der Waals surface area contributed by atoms with Crippen LogP contribution in [0, 0.1) is 5.92 Å². The van der Waals surface area contributed by atoms with Crippen LogP contribution in [0.25, 0.3) is 0 Å². The van der Waals surface area contributed by atoms with E-state index >= 15 is 0 Å². The van der Waals surface area contributed by atoms with Crippen molar-refractivity contribution in [1.82, 2.24) is 21.3 Å². The van der Waals surface area contributed by atoms with Crippen molar-refractivity contribution in [3.05, 3.63) is 12.3 Å². The maximum Gasteiger partial charge on any atom is 0.217 e. The van der Waals surface area contributed by atoms with E-state index in [1.807, 2.05) is 13.8 Å². The van der Waals surface area contributed by atoms with Crippen molar-refractivity contribution in [2.24, 2.45) is 5.92 Å². The molecule has 0 aromatic heterocycles. The summed E-state index contributed by atoms with van der Waals surface area (Å²) in [6, 6.07) is -2.08. The minimum absolute atomic E-state index is 0.0220. The fraction of sp³-hybridized carbons (Fsp3) is 0.895. The maximum absolute atomic E-state index is 13.4. The SMILES string of the molecule is C=C(CCC(CCC(=O)CCCOCCOCCOC1OC(CO)C(O)C(O)C1C)(CCC(=O)CCCOCCOCCOC1OC(CO)C(O)C(O)C1NC(C)=O)NC(C)C)NCCOCCOCCOC1OC(CO)C(O)C(O)C1NC(C)=O. The van der Waals surface area contributed by atoms with Gasteiger partial charge in [-0.1, -0.05) is 27.4 Å². The zero-order valence-corrected chi connectivity index (χ0v) is 51.0. The highest BCUT2D eigenvalue weighted by molar-refractivity contribution is 5.79. The minimum atomic E-state index is -1.42. The van der Waals surface area contributed by atoms with Gasteiger partial charge in [0.25, 0.3) is 0 Å². The zero-order valence-electron chi connectivity index (χ0n) is 51.0. The number of carbonyl (C=O) groups is 4. The van der Waals surface area contributed by atoms with Crippen molar-refractivity contribution >= 4 is 23.4 Å². The van der Waals surface area contributed by atoms with Gasteiger partial charge in [-0.25, -0.2) is 0 Å². The summed E-state index contributed by atoms with van der Waals surface area (Å²) in [6.45, 7) is 14.7. The van der Waals surface area contributed by atoms with Crippen LogP contribution in [-0.2, 0) is 76.0 Å². The third-order valence-corrected chi connectivity index (χ3v) is 14.7. The Morgan fingerprint density at radius 1 is 0.477 bits per heavy atom. The number of amides is 2. The number of aliphatic hydroxyl groups is 9. The van der Waals surface area contributed by atoms with Crippen LogP contribution >= 0.6 is 0 Å². The lowest BCUT2D eigenvalue weighted by Crippen LogP contribution is -2.64. The first kappa shape index (κ1) is 77.2. The van der Waals surface area contributed by atoms with Gasteiger partial charge in [0.1, 0.15) is 72.5 Å². The molecule has 0 aromatic carbocycles. The van der Waals surface area contributed by atoms with Crippen LogP contribution in [0.15, 0.2) is 12.3 Å². The van der Waals surface area contributed by atoms with E-state index < -0.39 is 129 Å². The lowest BCUT2D eigenvalue weighted by atomic mass is 9.81. The molecule has 0 saturated carbocycles. The second kappa shape index (κ2) is 43.6. The number of rotatable bonds is 49. The summed E-state index contributed by atoms with van der Waals surface area (Å²) < 4.78 is 67.6. The second-order valence-corrected chi connectivity index (χ2v) is 22.1. The van der Waals surface area contributed by atoms with E-state index in [9.17, 15) is 65.1 Å². The Morgan fingerprint density at radius 2 is 0.826 bits per heavy atom. The molecule has 2 amide bonds. The van der Waals surface area contributed by atoms with Crippen LogP contribution in [0.1, 0.15) is 98.8 Å². The van der Waals surface area contributed by atoms with E-state index in [0.717, 1.165) is 5.70 Å². The van der Waals surface area contributed by atoms with Crippen LogP contribution < -0.4 is 21.3 Å². The Bertz CT molecular complexity index is 1790. The predicted molar refractivity (Wildman–Crippen MR) is 305 cm³/mol. The molecule has 0 bridgehead atoms. The van der Waals surface area contributed by atoms with Crippen molar-refractivity contribution in [3.63, 3.8) is 0 Å². The Balaban J connectivity index is 1.41. The van der Waals surface area contributed by atoms with Gasteiger partial charge in [0.05, 0.1) is 112 Å². The van der Waals surface area contributed by atoms with Gasteiger partial charge in [-0.2, -0.15) is 0 Å². The topological polar surface area (TPSA) is 409 Å². The molecule has 3 fully saturated rings. The molecule has 502 valence electrons. The number of Topliss-reactive ketones (excluding diaryl/α,β-unsaturated/α-hetero) is 2. The number of hydrogen-bond acceptors (Lipinski definition) is 27. The van der Waals surface area contributed by atoms with Gasteiger partial charge in [-0.15, -0.1) is 0 Å². The van der Waals surface area contributed by atoms with Gasteiger partial charge in [0.15, 0.2) is 18.9 Å². The third-order valence-electron chi connectivity index (χ3n) is 14.7.